The Hall–Kier alpha value is -1.01. The second-order valence-electron chi connectivity index (χ2n) is 7.84. The molecule has 5 nitrogen and oxygen atoms in total. The first-order valence-electron chi connectivity index (χ1n) is 9.69. The Kier molecular flexibility index (Phi) is 7.81. The molecule has 7 heteroatoms. The van der Waals surface area contributed by atoms with E-state index >= 15 is 0 Å². The lowest BCUT2D eigenvalue weighted by molar-refractivity contribution is 0.0220. The number of rotatable bonds is 3. The summed E-state index contributed by atoms with van der Waals surface area (Å²) >= 11 is 0. The largest absolute Gasteiger partial charge is 0.381 e. The number of fused-ring (bicyclic) bond motifs is 1. The molecule has 2 aliphatic heterocycles. The lowest BCUT2D eigenvalue weighted by atomic mass is 9.99. The fourth-order valence-electron chi connectivity index (χ4n) is 4.42. The van der Waals surface area contributed by atoms with Gasteiger partial charge in [0.2, 0.25) is 0 Å². The molecular weight excluding hydrogens is 385 g/mol. The van der Waals surface area contributed by atoms with E-state index in [-0.39, 0.29) is 30.5 Å². The minimum atomic E-state index is 0. The smallest absolute Gasteiger partial charge is 0.326 e. The second kappa shape index (κ2) is 9.46. The van der Waals surface area contributed by atoms with Gasteiger partial charge in [-0.2, -0.15) is 0 Å². The predicted molar refractivity (Wildman–Crippen MR) is 115 cm³/mol. The highest BCUT2D eigenvalue weighted by Crippen LogP contribution is 2.29. The van der Waals surface area contributed by atoms with Crippen LogP contribution in [0.25, 0.3) is 11.0 Å². The van der Waals surface area contributed by atoms with Crippen LogP contribution in [0.4, 0.5) is 0 Å². The zero-order chi connectivity index (χ0) is 17.4. The van der Waals surface area contributed by atoms with Crippen molar-refractivity contribution in [2.75, 3.05) is 26.3 Å². The quantitative estimate of drug-likeness (QED) is 0.819. The van der Waals surface area contributed by atoms with Crippen molar-refractivity contribution in [1.29, 1.82) is 0 Å². The molecule has 2 aliphatic rings. The van der Waals surface area contributed by atoms with E-state index < -0.39 is 0 Å². The van der Waals surface area contributed by atoms with Gasteiger partial charge in [-0.15, -0.1) is 24.8 Å². The molecule has 2 fully saturated rings. The number of nitrogens with one attached hydrogen (secondary N) is 1. The van der Waals surface area contributed by atoms with Crippen molar-refractivity contribution in [2.45, 2.75) is 57.5 Å². The Bertz CT molecular complexity index is 788. The van der Waals surface area contributed by atoms with Gasteiger partial charge in [-0.3, -0.25) is 4.57 Å². The number of benzene rings is 1. The van der Waals surface area contributed by atoms with Gasteiger partial charge in [0.1, 0.15) is 0 Å². The summed E-state index contributed by atoms with van der Waals surface area (Å²) in [7, 11) is 0. The zero-order valence-electron chi connectivity index (χ0n) is 16.1. The van der Waals surface area contributed by atoms with E-state index in [1.807, 2.05) is 4.57 Å². The fraction of sp³-hybridized carbons (Fsp3) is 0.650. The van der Waals surface area contributed by atoms with Crippen molar-refractivity contribution < 1.29 is 4.74 Å². The number of H-pyrrole nitrogens is 1. The molecule has 0 spiro atoms. The van der Waals surface area contributed by atoms with Crippen molar-refractivity contribution in [3.05, 3.63) is 34.2 Å². The molecule has 0 atom stereocenters. The highest BCUT2D eigenvalue weighted by Gasteiger charge is 2.28. The van der Waals surface area contributed by atoms with Gasteiger partial charge in [-0.25, -0.2) is 4.79 Å². The molecule has 1 aromatic heterocycles. The third-order valence-corrected chi connectivity index (χ3v) is 5.98. The van der Waals surface area contributed by atoms with Crippen molar-refractivity contribution in [3.8, 4) is 0 Å². The highest BCUT2D eigenvalue weighted by molar-refractivity contribution is 5.85. The van der Waals surface area contributed by atoms with Crippen molar-refractivity contribution in [3.63, 3.8) is 0 Å². The minimum Gasteiger partial charge on any atom is -0.381 e. The van der Waals surface area contributed by atoms with Gasteiger partial charge in [0.25, 0.3) is 0 Å². The molecule has 4 rings (SSSR count). The number of halogens is 2. The molecule has 0 saturated carbocycles. The standard InChI is InChI=1S/C20H29N3O2.2ClH/c1-14(2)15-3-4-18-19(13-15)23(20(24)21-18)17-5-9-22(10-6-17)16-7-11-25-12-8-16;;/h3-4,13-14,16-17H,5-12H2,1-2H3,(H,21,24);2*1H. The van der Waals surface area contributed by atoms with Crippen molar-refractivity contribution >= 4 is 35.8 Å². The number of hydrogen-bond acceptors (Lipinski definition) is 3. The van der Waals surface area contributed by atoms with Crippen LogP contribution in [0.1, 0.15) is 57.1 Å². The summed E-state index contributed by atoms with van der Waals surface area (Å²) in [5.74, 6) is 0.471. The number of ether oxygens (including phenoxy) is 1. The van der Waals surface area contributed by atoms with Crippen LogP contribution in [-0.2, 0) is 4.74 Å². The fourth-order valence-corrected chi connectivity index (χ4v) is 4.42. The molecular formula is C20H31Cl2N3O2. The van der Waals surface area contributed by atoms with Gasteiger partial charge in [-0.05, 0) is 49.3 Å². The Balaban J connectivity index is 0.00000131. The van der Waals surface area contributed by atoms with E-state index in [0.29, 0.717) is 18.0 Å². The van der Waals surface area contributed by atoms with E-state index in [1.54, 1.807) is 0 Å². The maximum absolute atomic E-state index is 12.6. The summed E-state index contributed by atoms with van der Waals surface area (Å²) in [4.78, 5) is 18.2. The summed E-state index contributed by atoms with van der Waals surface area (Å²) in [5, 5.41) is 0. The first kappa shape index (κ1) is 22.3. The molecule has 27 heavy (non-hydrogen) atoms. The molecule has 0 amide bonds. The number of likely N-dealkylation sites (tertiary alicyclic amines) is 1. The number of imidazole rings is 1. The summed E-state index contributed by atoms with van der Waals surface area (Å²) in [6.45, 7) is 8.34. The van der Waals surface area contributed by atoms with Crippen LogP contribution in [0.3, 0.4) is 0 Å². The number of aromatic nitrogens is 2. The Morgan fingerprint density at radius 3 is 2.33 bits per heavy atom. The highest BCUT2D eigenvalue weighted by atomic mass is 35.5. The Labute approximate surface area is 173 Å². The molecule has 1 aromatic carbocycles. The molecule has 2 aromatic rings. The predicted octanol–water partition coefficient (Wildman–Crippen LogP) is 4.11. The van der Waals surface area contributed by atoms with Gasteiger partial charge in [0.05, 0.1) is 11.0 Å². The third kappa shape index (κ3) is 4.53. The number of piperidine rings is 1. The SMILES string of the molecule is CC(C)c1ccc2[nH]c(=O)n(C3CCN(C4CCOCC4)CC3)c2c1.Cl.Cl. The third-order valence-electron chi connectivity index (χ3n) is 5.98. The van der Waals surface area contributed by atoms with Crippen molar-refractivity contribution in [2.24, 2.45) is 0 Å². The Morgan fingerprint density at radius 2 is 1.70 bits per heavy atom. The van der Waals surface area contributed by atoms with Crippen LogP contribution in [0, 0.1) is 0 Å². The zero-order valence-corrected chi connectivity index (χ0v) is 17.8. The monoisotopic (exact) mass is 415 g/mol. The molecule has 0 bridgehead atoms. The molecule has 2 saturated heterocycles. The maximum atomic E-state index is 12.6. The van der Waals surface area contributed by atoms with E-state index in [0.717, 1.165) is 63.0 Å². The topological polar surface area (TPSA) is 50.3 Å². The summed E-state index contributed by atoms with van der Waals surface area (Å²) in [6.07, 6.45) is 4.40. The van der Waals surface area contributed by atoms with Crippen LogP contribution in [0.2, 0.25) is 0 Å². The van der Waals surface area contributed by atoms with Crippen LogP contribution in [0.5, 0.6) is 0 Å². The van der Waals surface area contributed by atoms with Crippen LogP contribution in [-0.4, -0.2) is 46.8 Å². The molecule has 152 valence electrons. The normalized spacial score (nSPS) is 19.8. The minimum absolute atomic E-state index is 0. The average Bonchev–Trinajstić information content (AvgIpc) is 2.97. The lowest BCUT2D eigenvalue weighted by Gasteiger charge is -2.39. The molecule has 0 aliphatic carbocycles. The van der Waals surface area contributed by atoms with E-state index in [9.17, 15) is 4.79 Å². The second-order valence-corrected chi connectivity index (χ2v) is 7.84. The molecule has 0 unspecified atom stereocenters. The average molecular weight is 416 g/mol. The first-order chi connectivity index (χ1) is 12.1. The molecule has 1 N–H and O–H groups in total. The van der Waals surface area contributed by atoms with E-state index in [2.05, 4.69) is 41.9 Å². The van der Waals surface area contributed by atoms with Crippen LogP contribution < -0.4 is 5.69 Å². The van der Waals surface area contributed by atoms with E-state index in [4.69, 9.17) is 4.74 Å². The van der Waals surface area contributed by atoms with Gasteiger partial charge < -0.3 is 14.6 Å². The first-order valence-corrected chi connectivity index (χ1v) is 9.69. The van der Waals surface area contributed by atoms with Gasteiger partial charge in [0.15, 0.2) is 0 Å². The van der Waals surface area contributed by atoms with Crippen molar-refractivity contribution in [1.82, 2.24) is 14.5 Å². The maximum Gasteiger partial charge on any atom is 0.326 e. The summed E-state index contributed by atoms with van der Waals surface area (Å²) in [6, 6.07) is 7.35. The Morgan fingerprint density at radius 1 is 1.04 bits per heavy atom. The van der Waals surface area contributed by atoms with Crippen LogP contribution in [0.15, 0.2) is 23.0 Å². The number of aromatic amines is 1. The lowest BCUT2D eigenvalue weighted by Crippen LogP contribution is -2.45. The summed E-state index contributed by atoms with van der Waals surface area (Å²) in [5.41, 5.74) is 3.36. The van der Waals surface area contributed by atoms with Crippen LogP contribution >= 0.6 is 24.8 Å². The van der Waals surface area contributed by atoms with E-state index in [1.165, 1.54) is 5.56 Å². The summed E-state index contributed by atoms with van der Waals surface area (Å²) < 4.78 is 7.51. The molecule has 3 heterocycles. The molecule has 0 radical (unpaired) electrons. The number of nitrogens with zero attached hydrogens (tertiary/aromatic N) is 2. The van der Waals surface area contributed by atoms with Gasteiger partial charge >= 0.3 is 5.69 Å². The van der Waals surface area contributed by atoms with Gasteiger partial charge in [-0.1, -0.05) is 19.9 Å². The van der Waals surface area contributed by atoms with Gasteiger partial charge in [0, 0.05) is 38.4 Å². The number of hydrogen-bond donors (Lipinski definition) is 1.